The van der Waals surface area contributed by atoms with Crippen LogP contribution < -0.4 is 15.4 Å². The normalized spacial score (nSPS) is 11.0. The SMILES string of the molecule is N#CNC(=NCCCCCCCCCCOc1cccc(Cl)c1)Nc1ccncc1. The summed E-state index contributed by atoms with van der Waals surface area (Å²) in [5.74, 6) is 1.32. The fourth-order valence-electron chi connectivity index (χ4n) is 2.95. The summed E-state index contributed by atoms with van der Waals surface area (Å²) in [6, 6.07) is 11.2. The number of hydrogen-bond acceptors (Lipinski definition) is 4. The highest BCUT2D eigenvalue weighted by Crippen LogP contribution is 2.17. The Bertz CT molecular complexity index is 792. The van der Waals surface area contributed by atoms with Gasteiger partial charge in [0.05, 0.1) is 6.61 Å². The molecule has 0 radical (unpaired) electrons. The number of pyridine rings is 1. The van der Waals surface area contributed by atoms with Gasteiger partial charge in [0.25, 0.3) is 0 Å². The first-order valence-corrected chi connectivity index (χ1v) is 10.9. The molecule has 1 heterocycles. The van der Waals surface area contributed by atoms with Crippen molar-refractivity contribution in [3.63, 3.8) is 0 Å². The molecule has 0 aliphatic rings. The van der Waals surface area contributed by atoms with Crippen LogP contribution in [0, 0.1) is 11.5 Å². The van der Waals surface area contributed by atoms with E-state index in [1.54, 1.807) is 12.4 Å². The van der Waals surface area contributed by atoms with Gasteiger partial charge in [-0.25, -0.2) is 0 Å². The number of anilines is 1. The first-order chi connectivity index (χ1) is 14.8. The summed E-state index contributed by atoms with van der Waals surface area (Å²) in [5, 5.41) is 15.2. The molecule has 2 rings (SSSR count). The summed E-state index contributed by atoms with van der Waals surface area (Å²) < 4.78 is 5.70. The van der Waals surface area contributed by atoms with E-state index in [-0.39, 0.29) is 0 Å². The van der Waals surface area contributed by atoms with Crippen LogP contribution in [-0.4, -0.2) is 24.1 Å². The number of nitrogens with one attached hydrogen (secondary N) is 2. The number of nitriles is 1. The minimum absolute atomic E-state index is 0.476. The number of hydrogen-bond donors (Lipinski definition) is 2. The maximum atomic E-state index is 8.85. The van der Waals surface area contributed by atoms with E-state index < -0.39 is 0 Å². The zero-order chi connectivity index (χ0) is 21.3. The molecule has 1 aromatic heterocycles. The van der Waals surface area contributed by atoms with Crippen molar-refractivity contribution in [2.75, 3.05) is 18.5 Å². The minimum Gasteiger partial charge on any atom is -0.494 e. The van der Waals surface area contributed by atoms with E-state index in [2.05, 4.69) is 20.6 Å². The Balaban J connectivity index is 1.45. The van der Waals surface area contributed by atoms with Crippen molar-refractivity contribution in [3.05, 3.63) is 53.8 Å². The van der Waals surface area contributed by atoms with Gasteiger partial charge in [-0.2, -0.15) is 5.26 Å². The second kappa shape index (κ2) is 15.1. The Morgan fingerprint density at radius 3 is 2.40 bits per heavy atom. The highest BCUT2D eigenvalue weighted by Gasteiger charge is 1.99. The molecule has 1 aromatic carbocycles. The number of nitrogens with zero attached hydrogens (tertiary/aromatic N) is 3. The molecule has 6 nitrogen and oxygen atoms in total. The van der Waals surface area contributed by atoms with E-state index >= 15 is 0 Å². The van der Waals surface area contributed by atoms with Gasteiger partial charge in [0, 0.05) is 29.6 Å². The highest BCUT2D eigenvalue weighted by molar-refractivity contribution is 6.30. The van der Waals surface area contributed by atoms with Crippen LogP contribution in [0.5, 0.6) is 5.75 Å². The van der Waals surface area contributed by atoms with Gasteiger partial charge in [-0.05, 0) is 43.2 Å². The molecule has 0 aliphatic carbocycles. The van der Waals surface area contributed by atoms with Gasteiger partial charge in [-0.1, -0.05) is 56.2 Å². The van der Waals surface area contributed by atoms with Crippen molar-refractivity contribution in [1.82, 2.24) is 10.3 Å². The van der Waals surface area contributed by atoms with Crippen LogP contribution in [-0.2, 0) is 0 Å². The number of halogens is 1. The smallest absolute Gasteiger partial charge is 0.209 e. The molecule has 2 N–H and O–H groups in total. The molecular formula is C23H30ClN5O. The summed E-state index contributed by atoms with van der Waals surface area (Å²) in [5.41, 5.74) is 0.851. The topological polar surface area (TPSA) is 82.3 Å². The van der Waals surface area contributed by atoms with Gasteiger partial charge in [0.1, 0.15) is 5.75 Å². The third kappa shape index (κ3) is 10.7. The van der Waals surface area contributed by atoms with E-state index in [0.29, 0.717) is 17.5 Å². The van der Waals surface area contributed by atoms with Crippen molar-refractivity contribution in [2.24, 2.45) is 4.99 Å². The molecule has 0 amide bonds. The van der Waals surface area contributed by atoms with Gasteiger partial charge < -0.3 is 10.1 Å². The molecule has 0 unspecified atom stereocenters. The van der Waals surface area contributed by atoms with E-state index in [9.17, 15) is 0 Å². The number of rotatable bonds is 13. The lowest BCUT2D eigenvalue weighted by Crippen LogP contribution is -2.27. The average molecular weight is 428 g/mol. The third-order valence-corrected chi connectivity index (χ3v) is 4.74. The monoisotopic (exact) mass is 427 g/mol. The van der Waals surface area contributed by atoms with Gasteiger partial charge in [-0.3, -0.25) is 15.3 Å². The van der Waals surface area contributed by atoms with Crippen molar-refractivity contribution in [2.45, 2.75) is 51.4 Å². The molecule has 0 bridgehead atoms. The molecule has 0 atom stereocenters. The number of benzene rings is 1. The fraction of sp³-hybridized carbons (Fsp3) is 0.435. The Hall–Kier alpha value is -2.78. The van der Waals surface area contributed by atoms with E-state index in [0.717, 1.165) is 37.3 Å². The molecule has 0 spiro atoms. The predicted octanol–water partition coefficient (Wildman–Crippen LogP) is 5.77. The zero-order valence-corrected chi connectivity index (χ0v) is 18.1. The van der Waals surface area contributed by atoms with Gasteiger partial charge >= 0.3 is 0 Å². The third-order valence-electron chi connectivity index (χ3n) is 4.50. The quantitative estimate of drug-likeness (QED) is 0.139. The van der Waals surface area contributed by atoms with Crippen LogP contribution >= 0.6 is 11.6 Å². The van der Waals surface area contributed by atoms with Crippen molar-refractivity contribution in [3.8, 4) is 11.9 Å². The van der Waals surface area contributed by atoms with Gasteiger partial charge in [0.15, 0.2) is 6.19 Å². The van der Waals surface area contributed by atoms with Crippen molar-refractivity contribution < 1.29 is 4.74 Å². The van der Waals surface area contributed by atoms with Crippen LogP contribution in [0.4, 0.5) is 5.69 Å². The zero-order valence-electron chi connectivity index (χ0n) is 17.3. The van der Waals surface area contributed by atoms with Crippen LogP contribution in [0.1, 0.15) is 51.4 Å². The fourth-order valence-corrected chi connectivity index (χ4v) is 3.13. The Labute approximate surface area is 184 Å². The van der Waals surface area contributed by atoms with Gasteiger partial charge in [0.2, 0.25) is 5.96 Å². The molecule has 0 aliphatic heterocycles. The van der Waals surface area contributed by atoms with Crippen LogP contribution in [0.15, 0.2) is 53.8 Å². The molecule has 0 saturated heterocycles. The largest absolute Gasteiger partial charge is 0.494 e. The molecule has 0 fully saturated rings. The Morgan fingerprint density at radius 1 is 1.00 bits per heavy atom. The van der Waals surface area contributed by atoms with Gasteiger partial charge in [-0.15, -0.1) is 0 Å². The number of aromatic nitrogens is 1. The molecule has 7 heteroatoms. The molecule has 30 heavy (non-hydrogen) atoms. The van der Waals surface area contributed by atoms with E-state index in [1.807, 2.05) is 42.6 Å². The maximum Gasteiger partial charge on any atom is 0.209 e. The Kier molecular flexibility index (Phi) is 11.8. The van der Waals surface area contributed by atoms with E-state index in [1.165, 1.54) is 32.1 Å². The van der Waals surface area contributed by atoms with Crippen molar-refractivity contribution >= 4 is 23.2 Å². The number of unbranched alkanes of at least 4 members (excludes halogenated alkanes) is 7. The first kappa shape index (κ1) is 23.5. The van der Waals surface area contributed by atoms with Crippen LogP contribution in [0.2, 0.25) is 5.02 Å². The summed E-state index contributed by atoms with van der Waals surface area (Å²) in [4.78, 5) is 8.41. The summed E-state index contributed by atoms with van der Waals surface area (Å²) in [7, 11) is 0. The lowest BCUT2D eigenvalue weighted by molar-refractivity contribution is 0.304. The Morgan fingerprint density at radius 2 is 1.70 bits per heavy atom. The van der Waals surface area contributed by atoms with Crippen molar-refractivity contribution in [1.29, 1.82) is 5.26 Å². The molecule has 160 valence electrons. The minimum atomic E-state index is 0.476. The predicted molar refractivity (Wildman–Crippen MR) is 123 cm³/mol. The second-order valence-corrected chi connectivity index (χ2v) is 7.40. The summed E-state index contributed by atoms with van der Waals surface area (Å²) >= 11 is 5.94. The standard InChI is InChI=1S/C23H30ClN5O/c24-20-10-9-11-22(18-20)30-17-8-6-4-2-1-3-5-7-14-27-23(28-19-25)29-21-12-15-26-16-13-21/h9-13,15-16,18H,1-8,14,17H2,(H2,26,27,28,29). The number of ether oxygens (including phenoxy) is 1. The number of guanidine groups is 1. The lowest BCUT2D eigenvalue weighted by Gasteiger charge is -2.07. The molecular weight excluding hydrogens is 398 g/mol. The van der Waals surface area contributed by atoms with Crippen LogP contribution in [0.25, 0.3) is 0 Å². The summed E-state index contributed by atoms with van der Waals surface area (Å²) in [6.07, 6.45) is 14.7. The molecule has 0 saturated carbocycles. The highest BCUT2D eigenvalue weighted by atomic mass is 35.5. The first-order valence-electron chi connectivity index (χ1n) is 10.5. The lowest BCUT2D eigenvalue weighted by atomic mass is 10.1. The average Bonchev–Trinajstić information content (AvgIpc) is 2.75. The number of aliphatic imine (C=N–C) groups is 1. The molecule has 2 aromatic rings. The second-order valence-electron chi connectivity index (χ2n) is 6.96. The summed E-state index contributed by atoms with van der Waals surface area (Å²) in [6.45, 7) is 1.44. The van der Waals surface area contributed by atoms with E-state index in [4.69, 9.17) is 21.6 Å². The maximum absolute atomic E-state index is 8.85. The van der Waals surface area contributed by atoms with Crippen LogP contribution in [0.3, 0.4) is 0 Å².